The first kappa shape index (κ1) is 26.4. The van der Waals surface area contributed by atoms with Crippen LogP contribution in [0.1, 0.15) is 45.7 Å². The van der Waals surface area contributed by atoms with Crippen molar-refractivity contribution in [3.8, 4) is 11.4 Å². The Kier molecular flexibility index (Phi) is 6.82. The summed E-state index contributed by atoms with van der Waals surface area (Å²) in [4.78, 5) is 35.7. The number of piperidine rings is 1. The van der Waals surface area contributed by atoms with Crippen molar-refractivity contribution in [1.82, 2.24) is 34.6 Å². The highest BCUT2D eigenvalue weighted by atomic mass is 35.5. The summed E-state index contributed by atoms with van der Waals surface area (Å²) >= 11 is 6.07. The van der Waals surface area contributed by atoms with Crippen molar-refractivity contribution in [2.45, 2.75) is 52.2 Å². The first-order chi connectivity index (χ1) is 19.2. The minimum atomic E-state index is -0.492. The van der Waals surface area contributed by atoms with E-state index in [-0.39, 0.29) is 11.5 Å². The molecular weight excluding hydrogens is 528 g/mol. The normalized spacial score (nSPS) is 17.1. The lowest BCUT2D eigenvalue weighted by atomic mass is 9.78. The zero-order chi connectivity index (χ0) is 27.9. The first-order valence-corrected chi connectivity index (χ1v) is 14.0. The number of carbonyl (C=O) groups excluding carboxylic acids is 1. The van der Waals surface area contributed by atoms with Gasteiger partial charge in [0.1, 0.15) is 11.4 Å². The van der Waals surface area contributed by atoms with Crippen LogP contribution in [0.5, 0.6) is 0 Å². The lowest BCUT2D eigenvalue weighted by Gasteiger charge is -2.40. The van der Waals surface area contributed by atoms with E-state index in [0.717, 1.165) is 73.4 Å². The second-order valence-electron chi connectivity index (χ2n) is 11.8. The Morgan fingerprint density at radius 2 is 1.82 bits per heavy atom. The van der Waals surface area contributed by atoms with Gasteiger partial charge < -0.3 is 14.5 Å². The van der Waals surface area contributed by atoms with Crippen LogP contribution in [0.25, 0.3) is 22.3 Å². The zero-order valence-electron chi connectivity index (χ0n) is 23.0. The van der Waals surface area contributed by atoms with Gasteiger partial charge in [0.25, 0.3) is 0 Å². The van der Waals surface area contributed by atoms with Crippen molar-refractivity contribution < 1.29 is 9.53 Å². The molecule has 2 aliphatic rings. The van der Waals surface area contributed by atoms with E-state index >= 15 is 0 Å². The van der Waals surface area contributed by atoms with Gasteiger partial charge in [-0.05, 0) is 63.6 Å². The van der Waals surface area contributed by atoms with Gasteiger partial charge in [-0.1, -0.05) is 11.6 Å². The number of fused-ring (bicyclic) bond motifs is 1. The molecule has 6 heterocycles. The van der Waals surface area contributed by atoms with Crippen LogP contribution in [-0.4, -0.2) is 72.5 Å². The molecule has 6 rings (SSSR count). The SMILES string of the molecule is CC(C)(C)OC(=O)N1CCC2(CCN(c3nc(-c4ccncc4)nc4cnc(Cn5cc(Cl)cn5)cc34)CC2)C1. The second kappa shape index (κ2) is 10.3. The molecule has 0 radical (unpaired) electrons. The zero-order valence-corrected chi connectivity index (χ0v) is 23.8. The lowest BCUT2D eigenvalue weighted by Crippen LogP contribution is -2.43. The van der Waals surface area contributed by atoms with E-state index < -0.39 is 5.60 Å². The van der Waals surface area contributed by atoms with Gasteiger partial charge in [0, 0.05) is 55.7 Å². The summed E-state index contributed by atoms with van der Waals surface area (Å²) in [6.45, 7) is 9.39. The average molecular weight is 561 g/mol. The van der Waals surface area contributed by atoms with Crippen LogP contribution in [0.4, 0.5) is 10.6 Å². The van der Waals surface area contributed by atoms with Crippen LogP contribution in [0.3, 0.4) is 0 Å². The van der Waals surface area contributed by atoms with E-state index in [2.05, 4.69) is 26.0 Å². The average Bonchev–Trinajstić information content (AvgIpc) is 3.54. The predicted octanol–water partition coefficient (Wildman–Crippen LogP) is 5.21. The number of hydrogen-bond donors (Lipinski definition) is 0. The van der Waals surface area contributed by atoms with Gasteiger partial charge in [-0.3, -0.25) is 14.6 Å². The molecule has 1 amide bonds. The molecule has 0 bridgehead atoms. The van der Waals surface area contributed by atoms with Gasteiger partial charge in [0.15, 0.2) is 5.82 Å². The van der Waals surface area contributed by atoms with Crippen molar-refractivity contribution in [1.29, 1.82) is 0 Å². The highest BCUT2D eigenvalue weighted by molar-refractivity contribution is 6.30. The molecule has 10 nitrogen and oxygen atoms in total. The number of aromatic nitrogens is 6. The molecule has 2 aliphatic heterocycles. The third-order valence-corrected chi connectivity index (χ3v) is 7.89. The van der Waals surface area contributed by atoms with Gasteiger partial charge in [-0.15, -0.1) is 0 Å². The number of carbonyl (C=O) groups is 1. The molecule has 2 fully saturated rings. The number of amides is 1. The van der Waals surface area contributed by atoms with Crippen LogP contribution in [0.15, 0.2) is 49.2 Å². The van der Waals surface area contributed by atoms with Crippen LogP contribution < -0.4 is 4.90 Å². The largest absolute Gasteiger partial charge is 0.444 e. The van der Waals surface area contributed by atoms with Crippen molar-refractivity contribution in [2.75, 3.05) is 31.1 Å². The molecule has 1 spiro atoms. The number of rotatable bonds is 4. The fourth-order valence-corrected chi connectivity index (χ4v) is 5.78. The Labute approximate surface area is 238 Å². The first-order valence-electron chi connectivity index (χ1n) is 13.6. The van der Waals surface area contributed by atoms with Crippen LogP contribution in [0.2, 0.25) is 5.02 Å². The van der Waals surface area contributed by atoms with Gasteiger partial charge in [-0.2, -0.15) is 5.10 Å². The molecule has 0 unspecified atom stereocenters. The van der Waals surface area contributed by atoms with Gasteiger partial charge in [0.2, 0.25) is 0 Å². The standard InChI is InChI=1S/C29H33ClN8O2/c1-28(2,3)40-27(39)37-13-8-29(19-37)6-11-36(12-7-29)26-23-14-22(18-38-17-21(30)15-33-38)32-16-24(23)34-25(35-26)20-4-9-31-10-5-20/h4-5,9-10,14-17H,6-8,11-13,18-19H2,1-3H3. The number of pyridine rings is 2. The summed E-state index contributed by atoms with van der Waals surface area (Å²) in [5, 5.41) is 5.84. The summed E-state index contributed by atoms with van der Waals surface area (Å²) in [6.07, 6.45) is 11.5. The fraction of sp³-hybridized carbons (Fsp3) is 0.448. The maximum Gasteiger partial charge on any atom is 0.410 e. The van der Waals surface area contributed by atoms with Crippen LogP contribution >= 0.6 is 11.6 Å². The van der Waals surface area contributed by atoms with Crippen molar-refractivity contribution in [2.24, 2.45) is 5.41 Å². The second-order valence-corrected chi connectivity index (χ2v) is 12.2. The topological polar surface area (TPSA) is 102 Å². The number of ether oxygens (including phenoxy) is 1. The van der Waals surface area contributed by atoms with Gasteiger partial charge in [-0.25, -0.2) is 14.8 Å². The molecule has 0 saturated carbocycles. The van der Waals surface area contributed by atoms with E-state index in [4.69, 9.17) is 26.3 Å². The predicted molar refractivity (Wildman–Crippen MR) is 153 cm³/mol. The number of likely N-dealkylation sites (tertiary alicyclic amines) is 1. The molecule has 0 aliphatic carbocycles. The molecule has 40 heavy (non-hydrogen) atoms. The molecule has 4 aromatic rings. The third-order valence-electron chi connectivity index (χ3n) is 7.70. The van der Waals surface area contributed by atoms with E-state index in [9.17, 15) is 4.79 Å². The summed E-state index contributed by atoms with van der Waals surface area (Å²) in [7, 11) is 0. The number of anilines is 1. The maximum absolute atomic E-state index is 12.7. The van der Waals surface area contributed by atoms with Crippen LogP contribution in [-0.2, 0) is 11.3 Å². The van der Waals surface area contributed by atoms with Gasteiger partial charge >= 0.3 is 6.09 Å². The molecule has 0 aromatic carbocycles. The number of halogens is 1. The summed E-state index contributed by atoms with van der Waals surface area (Å²) in [6, 6.07) is 5.90. The molecule has 0 N–H and O–H groups in total. The van der Waals surface area contributed by atoms with Crippen molar-refractivity contribution in [3.05, 3.63) is 59.9 Å². The summed E-state index contributed by atoms with van der Waals surface area (Å²) in [5.41, 5.74) is 2.16. The van der Waals surface area contributed by atoms with Crippen molar-refractivity contribution >= 4 is 34.4 Å². The molecule has 0 atom stereocenters. The quantitative estimate of drug-likeness (QED) is 0.335. The van der Waals surface area contributed by atoms with Crippen LogP contribution in [0, 0.1) is 5.41 Å². The molecular formula is C29H33ClN8O2. The van der Waals surface area contributed by atoms with Crippen molar-refractivity contribution in [3.63, 3.8) is 0 Å². The number of nitrogens with zero attached hydrogens (tertiary/aromatic N) is 8. The highest BCUT2D eigenvalue weighted by Gasteiger charge is 2.43. The minimum absolute atomic E-state index is 0.107. The van der Waals surface area contributed by atoms with Gasteiger partial charge in [0.05, 0.1) is 35.2 Å². The lowest BCUT2D eigenvalue weighted by molar-refractivity contribution is 0.0266. The van der Waals surface area contributed by atoms with E-state index in [1.807, 2.05) is 44.0 Å². The minimum Gasteiger partial charge on any atom is -0.444 e. The third kappa shape index (κ3) is 5.58. The monoisotopic (exact) mass is 560 g/mol. The number of hydrogen-bond acceptors (Lipinski definition) is 8. The van der Waals surface area contributed by atoms with E-state index in [0.29, 0.717) is 17.4 Å². The molecule has 2 saturated heterocycles. The molecule has 208 valence electrons. The molecule has 4 aromatic heterocycles. The smallest absolute Gasteiger partial charge is 0.410 e. The summed E-state index contributed by atoms with van der Waals surface area (Å²) < 4.78 is 7.41. The van der Waals surface area contributed by atoms with E-state index in [1.165, 1.54) is 0 Å². The Morgan fingerprint density at radius 3 is 2.52 bits per heavy atom. The molecule has 11 heteroatoms. The Bertz CT molecular complexity index is 1530. The summed E-state index contributed by atoms with van der Waals surface area (Å²) in [5.74, 6) is 1.55. The fourth-order valence-electron chi connectivity index (χ4n) is 5.63. The Balaban J connectivity index is 1.27. The highest BCUT2D eigenvalue weighted by Crippen LogP contribution is 2.42. The maximum atomic E-state index is 12.7. The Hall–Kier alpha value is -3.79. The van der Waals surface area contributed by atoms with E-state index in [1.54, 1.807) is 29.5 Å². The Morgan fingerprint density at radius 1 is 1.07 bits per heavy atom.